The van der Waals surface area contributed by atoms with Crippen molar-refractivity contribution < 1.29 is 22.0 Å². The molecule has 0 atom stereocenters. The molecule has 1 N–H and O–H groups in total. The Labute approximate surface area is 202 Å². The van der Waals surface area contributed by atoms with Gasteiger partial charge < -0.3 is 9.32 Å². The standard InChI is InChI=1S/C26H24FN3O4S/c1-17-9-10-21(16-22(17)27)35(32,33)29-20-6-4-5-19(15-20)26(31)30-13-11-18(12-14-30)25-28-23-7-2-3-8-24(23)34-25/h2-10,15-16,18,29H,11-14H2,1H3. The number of para-hydroxylation sites is 2. The number of hydrogen-bond acceptors (Lipinski definition) is 5. The largest absolute Gasteiger partial charge is 0.440 e. The molecule has 0 spiro atoms. The predicted molar refractivity (Wildman–Crippen MR) is 130 cm³/mol. The summed E-state index contributed by atoms with van der Waals surface area (Å²) in [5.74, 6) is 0.0586. The van der Waals surface area contributed by atoms with Crippen molar-refractivity contribution >= 4 is 32.7 Å². The first-order valence-electron chi connectivity index (χ1n) is 11.3. The number of anilines is 1. The molecule has 1 saturated heterocycles. The van der Waals surface area contributed by atoms with Crippen molar-refractivity contribution in [2.75, 3.05) is 17.8 Å². The molecule has 0 unspecified atom stereocenters. The zero-order valence-corrected chi connectivity index (χ0v) is 19.9. The first kappa shape index (κ1) is 23.0. The third-order valence-electron chi connectivity index (χ3n) is 6.26. The van der Waals surface area contributed by atoms with Crippen LogP contribution in [-0.4, -0.2) is 37.3 Å². The number of sulfonamides is 1. The van der Waals surface area contributed by atoms with Gasteiger partial charge >= 0.3 is 0 Å². The van der Waals surface area contributed by atoms with E-state index in [9.17, 15) is 17.6 Å². The molecule has 3 aromatic carbocycles. The smallest absolute Gasteiger partial charge is 0.261 e. The predicted octanol–water partition coefficient (Wildman–Crippen LogP) is 5.10. The van der Waals surface area contributed by atoms with Gasteiger partial charge in [-0.25, -0.2) is 17.8 Å². The van der Waals surface area contributed by atoms with Crippen LogP contribution in [0.2, 0.25) is 0 Å². The fourth-order valence-corrected chi connectivity index (χ4v) is 5.31. The van der Waals surface area contributed by atoms with E-state index in [0.29, 0.717) is 30.1 Å². The maximum absolute atomic E-state index is 13.9. The van der Waals surface area contributed by atoms with E-state index >= 15 is 0 Å². The number of benzene rings is 3. The molecule has 5 rings (SSSR count). The minimum absolute atomic E-state index is 0.138. The van der Waals surface area contributed by atoms with Gasteiger partial charge in [0.2, 0.25) is 0 Å². The Morgan fingerprint density at radius 2 is 1.83 bits per heavy atom. The number of oxazole rings is 1. The van der Waals surface area contributed by atoms with Gasteiger partial charge in [0.1, 0.15) is 11.3 Å². The highest BCUT2D eigenvalue weighted by Crippen LogP contribution is 2.30. The molecule has 4 aromatic rings. The minimum atomic E-state index is -4.00. The SMILES string of the molecule is Cc1ccc(S(=O)(=O)Nc2cccc(C(=O)N3CCC(c4nc5ccccc5o4)CC3)c2)cc1F. The normalized spacial score (nSPS) is 14.9. The molecule has 1 fully saturated rings. The molecule has 1 aromatic heterocycles. The topological polar surface area (TPSA) is 92.5 Å². The van der Waals surface area contributed by atoms with Gasteiger partial charge in [0, 0.05) is 30.3 Å². The average molecular weight is 494 g/mol. The van der Waals surface area contributed by atoms with Gasteiger partial charge in [-0.1, -0.05) is 24.3 Å². The molecular formula is C26H24FN3O4S. The van der Waals surface area contributed by atoms with E-state index in [4.69, 9.17) is 4.42 Å². The van der Waals surface area contributed by atoms with Gasteiger partial charge in [0.25, 0.3) is 15.9 Å². The molecule has 1 amide bonds. The number of rotatable bonds is 5. The van der Waals surface area contributed by atoms with E-state index in [0.717, 1.165) is 30.0 Å². The van der Waals surface area contributed by atoms with E-state index in [1.165, 1.54) is 18.2 Å². The van der Waals surface area contributed by atoms with Gasteiger partial charge in [0.05, 0.1) is 4.90 Å². The molecule has 0 aliphatic carbocycles. The van der Waals surface area contributed by atoms with E-state index < -0.39 is 15.8 Å². The molecule has 35 heavy (non-hydrogen) atoms. The van der Waals surface area contributed by atoms with Gasteiger partial charge in [-0.05, 0) is 67.8 Å². The molecular weight excluding hydrogens is 469 g/mol. The van der Waals surface area contributed by atoms with Gasteiger partial charge in [0.15, 0.2) is 11.5 Å². The minimum Gasteiger partial charge on any atom is -0.440 e. The van der Waals surface area contributed by atoms with Crippen molar-refractivity contribution in [2.45, 2.75) is 30.6 Å². The Balaban J connectivity index is 1.26. The van der Waals surface area contributed by atoms with Crippen LogP contribution >= 0.6 is 0 Å². The lowest BCUT2D eigenvalue weighted by atomic mass is 9.96. The molecule has 1 aliphatic heterocycles. The summed E-state index contributed by atoms with van der Waals surface area (Å²) in [5, 5.41) is 0. The zero-order chi connectivity index (χ0) is 24.6. The number of aromatic nitrogens is 1. The molecule has 1 aliphatic rings. The number of fused-ring (bicyclic) bond motifs is 1. The number of nitrogens with one attached hydrogen (secondary N) is 1. The summed E-state index contributed by atoms with van der Waals surface area (Å²) in [4.78, 5) is 19.3. The highest BCUT2D eigenvalue weighted by Gasteiger charge is 2.28. The number of piperidine rings is 1. The van der Waals surface area contributed by atoms with Gasteiger partial charge in [-0.3, -0.25) is 9.52 Å². The number of hydrogen-bond donors (Lipinski definition) is 1. The lowest BCUT2D eigenvalue weighted by Gasteiger charge is -2.30. The van der Waals surface area contributed by atoms with Crippen molar-refractivity contribution in [2.24, 2.45) is 0 Å². The number of likely N-dealkylation sites (tertiary alicyclic amines) is 1. The highest BCUT2D eigenvalue weighted by atomic mass is 32.2. The summed E-state index contributed by atoms with van der Waals surface area (Å²) >= 11 is 0. The Morgan fingerprint density at radius 3 is 2.57 bits per heavy atom. The molecule has 0 saturated carbocycles. The summed E-state index contributed by atoms with van der Waals surface area (Å²) in [6.45, 7) is 2.64. The lowest BCUT2D eigenvalue weighted by Crippen LogP contribution is -2.38. The number of halogens is 1. The molecule has 0 radical (unpaired) electrons. The second-order valence-corrected chi connectivity index (χ2v) is 10.4. The van der Waals surface area contributed by atoms with Crippen molar-refractivity contribution in [3.05, 3.63) is 89.6 Å². The summed E-state index contributed by atoms with van der Waals surface area (Å²) in [6.07, 6.45) is 1.45. The van der Waals surface area contributed by atoms with E-state index in [-0.39, 0.29) is 22.4 Å². The third-order valence-corrected chi connectivity index (χ3v) is 7.64. The zero-order valence-electron chi connectivity index (χ0n) is 19.1. The van der Waals surface area contributed by atoms with Crippen molar-refractivity contribution in [3.63, 3.8) is 0 Å². The number of carbonyl (C=O) groups excluding carboxylic acids is 1. The number of aryl methyl sites for hydroxylation is 1. The van der Waals surface area contributed by atoms with Crippen LogP contribution in [0.4, 0.5) is 10.1 Å². The Kier molecular flexibility index (Phi) is 6.02. The van der Waals surface area contributed by atoms with E-state index in [2.05, 4.69) is 9.71 Å². The molecule has 9 heteroatoms. The fraction of sp³-hybridized carbons (Fsp3) is 0.231. The molecule has 7 nitrogen and oxygen atoms in total. The van der Waals surface area contributed by atoms with Crippen LogP contribution in [0.15, 0.2) is 76.0 Å². The first-order valence-corrected chi connectivity index (χ1v) is 12.8. The summed E-state index contributed by atoms with van der Waals surface area (Å²) < 4.78 is 47.6. The summed E-state index contributed by atoms with van der Waals surface area (Å²) in [7, 11) is -4.00. The number of nitrogens with zero attached hydrogens (tertiary/aromatic N) is 2. The van der Waals surface area contributed by atoms with Crippen LogP contribution in [0.5, 0.6) is 0 Å². The highest BCUT2D eigenvalue weighted by molar-refractivity contribution is 7.92. The third kappa shape index (κ3) is 4.77. The maximum Gasteiger partial charge on any atom is 0.261 e. The van der Waals surface area contributed by atoms with E-state index in [1.54, 1.807) is 30.0 Å². The molecule has 180 valence electrons. The van der Waals surface area contributed by atoms with Crippen molar-refractivity contribution in [1.29, 1.82) is 0 Å². The second-order valence-electron chi connectivity index (χ2n) is 8.68. The van der Waals surface area contributed by atoms with Gasteiger partial charge in [-0.15, -0.1) is 0 Å². The van der Waals surface area contributed by atoms with Crippen LogP contribution in [0, 0.1) is 12.7 Å². The van der Waals surface area contributed by atoms with Crippen molar-refractivity contribution in [1.82, 2.24) is 9.88 Å². The van der Waals surface area contributed by atoms with Crippen LogP contribution in [-0.2, 0) is 10.0 Å². The van der Waals surface area contributed by atoms with Crippen LogP contribution in [0.1, 0.15) is 40.6 Å². The molecule has 2 heterocycles. The number of carbonyl (C=O) groups is 1. The quantitative estimate of drug-likeness (QED) is 0.418. The van der Waals surface area contributed by atoms with Crippen LogP contribution in [0.25, 0.3) is 11.1 Å². The Bertz CT molecular complexity index is 1480. The molecule has 0 bridgehead atoms. The average Bonchev–Trinajstić information content (AvgIpc) is 3.29. The fourth-order valence-electron chi connectivity index (χ4n) is 4.25. The maximum atomic E-state index is 13.9. The van der Waals surface area contributed by atoms with E-state index in [1.807, 2.05) is 24.3 Å². The van der Waals surface area contributed by atoms with Crippen molar-refractivity contribution in [3.8, 4) is 0 Å². The lowest BCUT2D eigenvalue weighted by molar-refractivity contribution is 0.0706. The number of amides is 1. The summed E-state index contributed by atoms with van der Waals surface area (Å²) in [6, 6.07) is 17.7. The monoisotopic (exact) mass is 493 g/mol. The first-order chi connectivity index (χ1) is 16.8. The second kappa shape index (κ2) is 9.14. The van der Waals surface area contributed by atoms with Crippen LogP contribution < -0.4 is 4.72 Å². The summed E-state index contributed by atoms with van der Waals surface area (Å²) in [5.41, 5.74) is 2.55. The van der Waals surface area contributed by atoms with Gasteiger partial charge in [-0.2, -0.15) is 0 Å². The Hall–Kier alpha value is -3.72. The van der Waals surface area contributed by atoms with Crippen LogP contribution in [0.3, 0.4) is 0 Å². The Morgan fingerprint density at radius 1 is 1.06 bits per heavy atom.